The van der Waals surface area contributed by atoms with Crippen LogP contribution in [0, 0.1) is 15.3 Å². The average Bonchev–Trinajstić information content (AvgIpc) is 2.38. The smallest absolute Gasteiger partial charge is 0.213 e. The largest absolute Gasteiger partial charge is 0.412 e. The van der Waals surface area contributed by atoms with Crippen LogP contribution in [0.4, 0.5) is 5.69 Å². The van der Waals surface area contributed by atoms with E-state index in [9.17, 15) is 0 Å². The Hall–Kier alpha value is -2.93. The molecule has 0 unspecified atom stereocenters. The second kappa shape index (κ2) is 6.30. The molecule has 3 aromatic rings. The maximum absolute atomic E-state index is 8.25. The van der Waals surface area contributed by atoms with Crippen molar-refractivity contribution in [1.29, 1.82) is 0 Å². The van der Waals surface area contributed by atoms with E-state index in [2.05, 4.69) is 4.98 Å². The van der Waals surface area contributed by atoms with E-state index < -0.39 is 5.09 Å². The second-order valence-corrected chi connectivity index (χ2v) is 3.85. The van der Waals surface area contributed by atoms with Crippen molar-refractivity contribution in [3.05, 3.63) is 63.9 Å². The van der Waals surface area contributed by atoms with Crippen LogP contribution in [0.15, 0.2) is 48.5 Å². The molecule has 0 atom stereocenters. The lowest BCUT2D eigenvalue weighted by Gasteiger charge is -2.00. The summed E-state index contributed by atoms with van der Waals surface area (Å²) in [7, 11) is 0. The molecule has 3 rings (SSSR count). The molecule has 0 aliphatic heterocycles. The molecule has 7 heteroatoms. The number of anilines is 1. The highest BCUT2D eigenvalue weighted by molar-refractivity contribution is 6.03. The fraction of sp³-hybridized carbons (Fsp3) is 0. The van der Waals surface area contributed by atoms with Crippen molar-refractivity contribution in [3.8, 4) is 0 Å². The van der Waals surface area contributed by atoms with Gasteiger partial charge in [-0.05, 0) is 12.1 Å². The second-order valence-electron chi connectivity index (χ2n) is 3.85. The summed E-state index contributed by atoms with van der Waals surface area (Å²) in [5.74, 6) is 0. The number of benzene rings is 2. The number of aromatic amines is 1. The number of nitrogens with two attached hydrogens (primary N) is 1. The molecule has 0 aliphatic carbocycles. The molecule has 7 nitrogen and oxygen atoms in total. The first-order valence-electron chi connectivity index (χ1n) is 5.49. The highest BCUT2D eigenvalue weighted by atomic mass is 16.9. The van der Waals surface area contributed by atoms with Crippen LogP contribution in [-0.2, 0) is 0 Å². The molecule has 0 saturated heterocycles. The first-order valence-corrected chi connectivity index (χ1v) is 5.49. The molecular weight excluding hydrogens is 262 g/mol. The highest BCUT2D eigenvalue weighted by Crippen LogP contribution is 2.24. The topological polar surface area (TPSA) is 138 Å². The van der Waals surface area contributed by atoms with Crippen LogP contribution in [0.3, 0.4) is 0 Å². The lowest BCUT2D eigenvalue weighted by molar-refractivity contribution is -0.402. The van der Waals surface area contributed by atoms with Gasteiger partial charge in [-0.1, -0.05) is 24.3 Å². The fourth-order valence-corrected chi connectivity index (χ4v) is 1.94. The van der Waals surface area contributed by atoms with E-state index in [1.54, 1.807) is 0 Å². The van der Waals surface area contributed by atoms with Crippen molar-refractivity contribution in [2.24, 2.45) is 0 Å². The van der Waals surface area contributed by atoms with E-state index in [1.165, 1.54) is 0 Å². The number of nitrogen functional groups attached to an aromatic ring is 1. The van der Waals surface area contributed by atoms with Crippen LogP contribution in [0.25, 0.3) is 21.8 Å². The first-order chi connectivity index (χ1) is 9.09. The molecule has 0 bridgehead atoms. The molecule has 0 amide bonds. The van der Waals surface area contributed by atoms with Gasteiger partial charge in [0, 0.05) is 12.1 Å². The number of nitrogens with one attached hydrogen (secondary N) is 1. The Balaban J connectivity index is 0.000000359. The summed E-state index contributed by atoms with van der Waals surface area (Å²) in [4.78, 5) is 11.6. The van der Waals surface area contributed by atoms with Gasteiger partial charge in [-0.3, -0.25) is 0 Å². The molecule has 20 heavy (non-hydrogen) atoms. The maximum Gasteiger partial charge on any atom is 0.213 e. The quantitative estimate of drug-likeness (QED) is 0.375. The van der Waals surface area contributed by atoms with Crippen molar-refractivity contribution >= 4 is 27.5 Å². The van der Waals surface area contributed by atoms with Crippen molar-refractivity contribution in [3.63, 3.8) is 0 Å². The summed E-state index contributed by atoms with van der Waals surface area (Å²) in [6.07, 6.45) is 0. The average molecular weight is 275 g/mol. The third kappa shape index (κ3) is 3.09. The number of H-pyrrole nitrogens is 1. The summed E-state index contributed by atoms with van der Waals surface area (Å²) < 4.78 is 0. The van der Waals surface area contributed by atoms with Gasteiger partial charge >= 0.3 is 0 Å². The molecule has 104 valence electrons. The molecule has 2 aromatic carbocycles. The van der Waals surface area contributed by atoms with Gasteiger partial charge in [0.05, 0.1) is 21.5 Å². The predicted molar refractivity (Wildman–Crippen MR) is 76.4 cm³/mol. The van der Waals surface area contributed by atoms with Crippen LogP contribution < -0.4 is 10.7 Å². The minimum atomic E-state index is -1.75. The first kappa shape index (κ1) is 15.1. The van der Waals surface area contributed by atoms with E-state index in [0.717, 1.165) is 27.5 Å². The van der Waals surface area contributed by atoms with Crippen LogP contribution in [0.1, 0.15) is 0 Å². The minimum absolute atomic E-state index is 0. The standard InChI is InChI=1S/C13H10N2.NO3.H2O/c14-13-9-5-1-3-7-11(9)15-12-8-4-2-6-10(12)13;2-1(3)4;/h1-8H,(H2,14,15);;1H2/q;-1;/p+1. The maximum atomic E-state index is 8.25. The Morgan fingerprint density at radius 1 is 0.900 bits per heavy atom. The Kier molecular flexibility index (Phi) is 4.76. The predicted octanol–water partition coefficient (Wildman–Crippen LogP) is 1.33. The summed E-state index contributed by atoms with van der Waals surface area (Å²) in [6.45, 7) is 0. The van der Waals surface area contributed by atoms with Crippen LogP contribution in [-0.4, -0.2) is 10.6 Å². The van der Waals surface area contributed by atoms with Gasteiger partial charge in [-0.15, -0.1) is 0 Å². The van der Waals surface area contributed by atoms with Crippen LogP contribution in [0.2, 0.25) is 0 Å². The van der Waals surface area contributed by atoms with Crippen LogP contribution >= 0.6 is 0 Å². The van der Waals surface area contributed by atoms with Gasteiger partial charge < -0.3 is 26.5 Å². The zero-order chi connectivity index (χ0) is 13.8. The molecule has 0 fully saturated rings. The zero-order valence-corrected chi connectivity index (χ0v) is 10.4. The number of fused-ring (bicyclic) bond motifs is 2. The number of pyridine rings is 1. The van der Waals surface area contributed by atoms with Crippen molar-refractivity contribution in [1.82, 2.24) is 0 Å². The lowest BCUT2D eigenvalue weighted by Crippen LogP contribution is -2.07. The summed E-state index contributed by atoms with van der Waals surface area (Å²) in [6, 6.07) is 16.2. The van der Waals surface area contributed by atoms with E-state index in [4.69, 9.17) is 21.1 Å². The summed E-state index contributed by atoms with van der Waals surface area (Å²) >= 11 is 0. The number of rotatable bonds is 0. The van der Waals surface area contributed by atoms with Crippen molar-refractivity contribution in [2.45, 2.75) is 0 Å². The number of para-hydroxylation sites is 2. The normalized spacial score (nSPS) is 9.40. The van der Waals surface area contributed by atoms with Gasteiger partial charge in [0.25, 0.3) is 0 Å². The molecule has 0 spiro atoms. The van der Waals surface area contributed by atoms with Gasteiger partial charge in [0.1, 0.15) is 0 Å². The molecule has 0 saturated carbocycles. The Morgan fingerprint density at radius 3 is 1.65 bits per heavy atom. The molecule has 5 N–H and O–H groups in total. The fourth-order valence-electron chi connectivity index (χ4n) is 1.94. The molecule has 1 heterocycles. The minimum Gasteiger partial charge on any atom is -0.412 e. The molecular formula is C13H13N3O4. The number of nitrogens with zero attached hydrogens (tertiary/aromatic N) is 1. The summed E-state index contributed by atoms with van der Waals surface area (Å²) in [5, 5.41) is 16.9. The zero-order valence-electron chi connectivity index (χ0n) is 10.4. The highest BCUT2D eigenvalue weighted by Gasteiger charge is 2.09. The number of hydrogen-bond donors (Lipinski definition) is 1. The van der Waals surface area contributed by atoms with Gasteiger partial charge in [0.15, 0.2) is 0 Å². The number of hydrogen-bond acceptors (Lipinski definition) is 4. The lowest BCUT2D eigenvalue weighted by atomic mass is 10.1. The van der Waals surface area contributed by atoms with E-state index in [0.29, 0.717) is 0 Å². The van der Waals surface area contributed by atoms with Gasteiger partial charge in [-0.25, -0.2) is 4.98 Å². The van der Waals surface area contributed by atoms with E-state index >= 15 is 0 Å². The van der Waals surface area contributed by atoms with Gasteiger partial charge in [-0.2, -0.15) is 0 Å². The molecule has 0 aliphatic rings. The van der Waals surface area contributed by atoms with E-state index in [1.807, 2.05) is 48.5 Å². The molecule has 0 radical (unpaired) electrons. The van der Waals surface area contributed by atoms with Crippen molar-refractivity contribution in [2.75, 3.05) is 5.73 Å². The third-order valence-electron chi connectivity index (χ3n) is 2.70. The molecule has 1 aromatic heterocycles. The van der Waals surface area contributed by atoms with Gasteiger partial charge in [0.2, 0.25) is 11.0 Å². The Labute approximate surface area is 113 Å². The van der Waals surface area contributed by atoms with Crippen LogP contribution in [0.5, 0.6) is 0 Å². The van der Waals surface area contributed by atoms with E-state index in [-0.39, 0.29) is 5.48 Å². The third-order valence-corrected chi connectivity index (χ3v) is 2.70. The Bertz CT molecular complexity index is 688. The van der Waals surface area contributed by atoms with Crippen molar-refractivity contribution < 1.29 is 15.5 Å². The Morgan fingerprint density at radius 2 is 1.25 bits per heavy atom. The monoisotopic (exact) mass is 275 g/mol. The number of aromatic nitrogens is 1. The summed E-state index contributed by atoms with van der Waals surface area (Å²) in [5.41, 5.74) is 9.14. The SMILES string of the molecule is Nc1c2ccccc2[nH+]c2ccccc12.O.O=[N+]([O-])[O-].